The monoisotopic (exact) mass is 445 g/mol. The highest BCUT2D eigenvalue weighted by Crippen LogP contribution is 2.20. The van der Waals surface area contributed by atoms with Gasteiger partial charge >= 0.3 is 6.03 Å². The van der Waals surface area contributed by atoms with E-state index in [-0.39, 0.29) is 29.6 Å². The maximum atomic E-state index is 13.0. The summed E-state index contributed by atoms with van der Waals surface area (Å²) >= 11 is 1.06. The molecule has 6 N–H and O–H groups in total. The summed E-state index contributed by atoms with van der Waals surface area (Å²) in [5.74, 6) is -1.01. The average molecular weight is 446 g/mol. The van der Waals surface area contributed by atoms with Crippen molar-refractivity contribution in [3.63, 3.8) is 0 Å². The molecule has 1 aromatic carbocycles. The fourth-order valence-electron chi connectivity index (χ4n) is 3.10. The summed E-state index contributed by atoms with van der Waals surface area (Å²) < 4.78 is 0. The van der Waals surface area contributed by atoms with E-state index in [0.29, 0.717) is 6.21 Å². The number of amides is 3. The van der Waals surface area contributed by atoms with E-state index in [0.717, 1.165) is 28.2 Å². The third-order valence-corrected chi connectivity index (χ3v) is 5.51. The zero-order chi connectivity index (χ0) is 23.0. The molecule has 10 heteroatoms. The number of carbonyl (C=O) groups excluding carboxylic acids is 4. The number of carbonyl (C=O) groups is 4. The van der Waals surface area contributed by atoms with Gasteiger partial charge in [0.25, 0.3) is 0 Å². The molecule has 1 heterocycles. The van der Waals surface area contributed by atoms with E-state index in [9.17, 15) is 19.2 Å². The van der Waals surface area contributed by atoms with Gasteiger partial charge in [-0.3, -0.25) is 14.4 Å². The second-order valence-electron chi connectivity index (χ2n) is 7.32. The van der Waals surface area contributed by atoms with Gasteiger partial charge < -0.3 is 26.8 Å². The Morgan fingerprint density at radius 1 is 1.16 bits per heavy atom. The van der Waals surface area contributed by atoms with Gasteiger partial charge in [0.2, 0.25) is 11.0 Å². The highest BCUT2D eigenvalue weighted by Gasteiger charge is 2.28. The lowest BCUT2D eigenvalue weighted by Gasteiger charge is -2.22. The summed E-state index contributed by atoms with van der Waals surface area (Å²) in [6, 6.07) is 4.75. The van der Waals surface area contributed by atoms with E-state index in [1.165, 1.54) is 0 Å². The predicted molar refractivity (Wildman–Crippen MR) is 121 cm³/mol. The number of urea groups is 1. The number of primary amides is 1. The minimum absolute atomic E-state index is 0.00361. The molecule has 0 saturated carbocycles. The van der Waals surface area contributed by atoms with E-state index in [4.69, 9.17) is 11.1 Å². The molecule has 9 nitrogen and oxygen atoms in total. The molecule has 0 fully saturated rings. The van der Waals surface area contributed by atoms with Crippen molar-refractivity contribution in [3.8, 4) is 0 Å². The van der Waals surface area contributed by atoms with Crippen LogP contribution in [0.25, 0.3) is 10.9 Å². The van der Waals surface area contributed by atoms with Crippen molar-refractivity contribution in [3.05, 3.63) is 36.0 Å². The number of hydrogen-bond acceptors (Lipinski definition) is 6. The smallest absolute Gasteiger partial charge is 0.312 e. The Labute approximate surface area is 184 Å². The lowest BCUT2D eigenvalue weighted by molar-refractivity contribution is -0.126. The van der Waals surface area contributed by atoms with Crippen LogP contribution < -0.4 is 16.4 Å². The molecule has 0 aliphatic rings. The van der Waals surface area contributed by atoms with Crippen LogP contribution >= 0.6 is 11.8 Å². The first kappa shape index (κ1) is 24.1. The Kier molecular flexibility index (Phi) is 8.80. The lowest BCUT2D eigenvalue weighted by atomic mass is 10.0. The van der Waals surface area contributed by atoms with Crippen LogP contribution in [0.3, 0.4) is 0 Å². The number of fused-ring (bicyclic) bond motifs is 1. The van der Waals surface area contributed by atoms with Crippen LogP contribution in [0.5, 0.6) is 0 Å². The molecule has 0 saturated heterocycles. The standard InChI is InChI=1S/C21H27N5O4S/c1-12(2)31-20(29)17(8-7-14(27)10-22)25-19(28)18(26-21(23)30)9-13-11-24-16-6-4-3-5-15(13)16/h3-6,10-12,17-18,22,24H,7-9H2,1-2H3,(H,25,28)(H3,23,26,30)/t17-,18-/m0/s1. The lowest BCUT2D eigenvalue weighted by Crippen LogP contribution is -2.53. The highest BCUT2D eigenvalue weighted by molar-refractivity contribution is 8.14. The van der Waals surface area contributed by atoms with Crippen LogP contribution in [0.2, 0.25) is 0 Å². The van der Waals surface area contributed by atoms with Gasteiger partial charge in [0, 0.05) is 35.2 Å². The zero-order valence-corrected chi connectivity index (χ0v) is 18.3. The molecule has 31 heavy (non-hydrogen) atoms. The number of aromatic amines is 1. The summed E-state index contributed by atoms with van der Waals surface area (Å²) in [5, 5.41) is 12.7. The summed E-state index contributed by atoms with van der Waals surface area (Å²) in [7, 11) is 0. The summed E-state index contributed by atoms with van der Waals surface area (Å²) in [6.07, 6.45) is 2.63. The molecule has 0 aliphatic heterocycles. The van der Waals surface area contributed by atoms with Gasteiger partial charge in [-0.15, -0.1) is 0 Å². The number of H-pyrrole nitrogens is 1. The third-order valence-electron chi connectivity index (χ3n) is 4.53. The van der Waals surface area contributed by atoms with Gasteiger partial charge in [0.1, 0.15) is 6.04 Å². The largest absolute Gasteiger partial charge is 0.361 e. The Morgan fingerprint density at radius 2 is 1.87 bits per heavy atom. The summed E-state index contributed by atoms with van der Waals surface area (Å²) in [6.45, 7) is 3.69. The van der Waals surface area contributed by atoms with Crippen molar-refractivity contribution in [2.24, 2.45) is 5.73 Å². The van der Waals surface area contributed by atoms with Crippen LogP contribution in [-0.4, -0.2) is 51.4 Å². The molecule has 166 valence electrons. The van der Waals surface area contributed by atoms with Crippen LogP contribution in [0.4, 0.5) is 4.79 Å². The van der Waals surface area contributed by atoms with Crippen LogP contribution in [0.1, 0.15) is 32.3 Å². The Balaban J connectivity index is 2.19. The number of ketones is 1. The normalized spacial score (nSPS) is 12.9. The SMILES string of the molecule is CC(C)SC(=O)[C@H](CCC(=O)C=N)NC(=O)[C@H](Cc1c[nH]c2ccccc12)NC(N)=O. The van der Waals surface area contributed by atoms with Gasteiger partial charge in [0.05, 0.1) is 12.3 Å². The van der Waals surface area contributed by atoms with E-state index in [1.807, 2.05) is 38.1 Å². The number of Topliss-reactive ketones (excluding diaryl/α,β-unsaturated/α-hetero) is 1. The first-order valence-electron chi connectivity index (χ1n) is 9.86. The van der Waals surface area contributed by atoms with Gasteiger partial charge in [0.15, 0.2) is 5.78 Å². The van der Waals surface area contributed by atoms with Crippen molar-refractivity contribution in [2.75, 3.05) is 0 Å². The number of thioether (sulfide) groups is 1. The quantitative estimate of drug-likeness (QED) is 0.334. The Hall–Kier alpha value is -3.14. The molecule has 3 amide bonds. The minimum atomic E-state index is -1.01. The van der Waals surface area contributed by atoms with E-state index < -0.39 is 29.8 Å². The van der Waals surface area contributed by atoms with E-state index in [1.54, 1.807) is 6.20 Å². The first-order chi connectivity index (χ1) is 14.7. The predicted octanol–water partition coefficient (Wildman–Crippen LogP) is 1.90. The molecular weight excluding hydrogens is 418 g/mol. The van der Waals surface area contributed by atoms with Crippen molar-refractivity contribution >= 4 is 51.7 Å². The number of nitrogens with two attached hydrogens (primary N) is 1. The molecule has 2 atom stereocenters. The molecule has 2 aromatic rings. The van der Waals surface area contributed by atoms with Crippen molar-refractivity contribution < 1.29 is 19.2 Å². The van der Waals surface area contributed by atoms with Crippen LogP contribution in [0.15, 0.2) is 30.5 Å². The van der Waals surface area contributed by atoms with Crippen molar-refractivity contribution in [1.82, 2.24) is 15.6 Å². The van der Waals surface area contributed by atoms with Gasteiger partial charge in [-0.1, -0.05) is 43.8 Å². The number of rotatable bonds is 11. The summed E-state index contributed by atoms with van der Waals surface area (Å²) in [5.41, 5.74) is 6.97. The fraction of sp³-hybridized carbons (Fsp3) is 0.381. The molecule has 0 radical (unpaired) electrons. The van der Waals surface area contributed by atoms with E-state index in [2.05, 4.69) is 15.6 Å². The Morgan fingerprint density at radius 3 is 2.52 bits per heavy atom. The van der Waals surface area contributed by atoms with Gasteiger partial charge in [-0.25, -0.2) is 4.79 Å². The van der Waals surface area contributed by atoms with Gasteiger partial charge in [-0.2, -0.15) is 0 Å². The molecule has 0 spiro atoms. The van der Waals surface area contributed by atoms with Crippen molar-refractivity contribution in [2.45, 2.75) is 50.4 Å². The number of benzene rings is 1. The molecule has 2 rings (SSSR count). The highest BCUT2D eigenvalue weighted by atomic mass is 32.2. The molecule has 1 aromatic heterocycles. The summed E-state index contributed by atoms with van der Waals surface area (Å²) in [4.78, 5) is 51.7. The Bertz CT molecular complexity index is 972. The first-order valence-corrected chi connectivity index (χ1v) is 10.7. The third kappa shape index (κ3) is 7.25. The number of aromatic nitrogens is 1. The second-order valence-corrected chi connectivity index (χ2v) is 8.90. The van der Waals surface area contributed by atoms with Gasteiger partial charge in [-0.05, 0) is 18.1 Å². The molecule has 0 bridgehead atoms. The fourth-order valence-corrected chi connectivity index (χ4v) is 3.90. The number of para-hydroxylation sites is 1. The maximum Gasteiger partial charge on any atom is 0.312 e. The zero-order valence-electron chi connectivity index (χ0n) is 17.4. The minimum Gasteiger partial charge on any atom is -0.361 e. The van der Waals surface area contributed by atoms with Crippen molar-refractivity contribution in [1.29, 1.82) is 5.41 Å². The average Bonchev–Trinajstić information content (AvgIpc) is 3.12. The molecule has 0 aliphatic carbocycles. The topological polar surface area (TPSA) is 158 Å². The molecule has 0 unspecified atom stereocenters. The number of nitrogens with one attached hydrogen (secondary N) is 4. The number of hydrogen-bond donors (Lipinski definition) is 5. The second kappa shape index (κ2) is 11.3. The van der Waals surface area contributed by atoms with Crippen LogP contribution in [-0.2, 0) is 20.8 Å². The van der Waals surface area contributed by atoms with E-state index >= 15 is 0 Å². The molecular formula is C21H27N5O4S. The maximum absolute atomic E-state index is 13.0. The van der Waals surface area contributed by atoms with Crippen LogP contribution in [0, 0.1) is 5.41 Å².